The summed E-state index contributed by atoms with van der Waals surface area (Å²) in [5.74, 6) is -1.20. The van der Waals surface area contributed by atoms with E-state index in [2.05, 4.69) is 28.9 Å². The molecule has 1 unspecified atom stereocenters. The molecule has 0 spiro atoms. The van der Waals surface area contributed by atoms with Crippen molar-refractivity contribution in [1.29, 1.82) is 0 Å². The number of benzene rings is 2. The van der Waals surface area contributed by atoms with Crippen LogP contribution in [0.4, 0.5) is 0 Å². The van der Waals surface area contributed by atoms with Crippen molar-refractivity contribution < 1.29 is 14.7 Å². The highest BCUT2D eigenvalue weighted by molar-refractivity contribution is 5.83. The number of unbranched alkanes of at least 4 members (excludes halogenated alkanes) is 1. The molecular formula is C25H32N2O3. The molecule has 0 saturated heterocycles. The summed E-state index contributed by atoms with van der Waals surface area (Å²) in [5.41, 5.74) is 2.31. The van der Waals surface area contributed by atoms with E-state index in [9.17, 15) is 14.7 Å². The molecular weight excluding hydrogens is 376 g/mol. The fraction of sp³-hybridized carbons (Fsp3) is 0.360. The number of aryl methyl sites for hydroxylation is 1. The molecule has 0 aliphatic carbocycles. The van der Waals surface area contributed by atoms with Crippen LogP contribution in [-0.2, 0) is 22.6 Å². The Hall–Kier alpha value is -2.92. The highest BCUT2D eigenvalue weighted by Crippen LogP contribution is 2.09. The molecule has 30 heavy (non-hydrogen) atoms. The van der Waals surface area contributed by atoms with Crippen LogP contribution in [0.3, 0.4) is 0 Å². The smallest absolute Gasteiger partial charge is 0.326 e. The number of rotatable bonds is 14. The number of aliphatic carboxylic acids is 1. The quantitative estimate of drug-likeness (QED) is 0.366. The molecule has 2 N–H and O–H groups in total. The van der Waals surface area contributed by atoms with Crippen LogP contribution < -0.4 is 5.32 Å². The SMILES string of the molecule is C=CCN(CCCCC(NC(=O)CCc1ccccc1)C(=O)O)Cc1ccccc1. The van der Waals surface area contributed by atoms with Crippen LogP contribution in [-0.4, -0.2) is 41.0 Å². The molecule has 0 saturated carbocycles. The van der Waals surface area contributed by atoms with Gasteiger partial charge in [0.05, 0.1) is 0 Å². The van der Waals surface area contributed by atoms with Crippen molar-refractivity contribution in [2.45, 2.75) is 44.7 Å². The van der Waals surface area contributed by atoms with Crippen molar-refractivity contribution in [3.63, 3.8) is 0 Å². The molecule has 5 nitrogen and oxygen atoms in total. The number of carbonyl (C=O) groups is 2. The lowest BCUT2D eigenvalue weighted by Crippen LogP contribution is -2.41. The number of carbonyl (C=O) groups excluding carboxylic acids is 1. The Morgan fingerprint density at radius 1 is 1.00 bits per heavy atom. The number of carboxylic acids is 1. The number of hydrogen-bond acceptors (Lipinski definition) is 3. The molecule has 2 rings (SSSR count). The van der Waals surface area contributed by atoms with E-state index in [-0.39, 0.29) is 12.3 Å². The van der Waals surface area contributed by atoms with Gasteiger partial charge in [0.1, 0.15) is 6.04 Å². The van der Waals surface area contributed by atoms with E-state index < -0.39 is 12.0 Å². The van der Waals surface area contributed by atoms with Gasteiger partial charge in [-0.3, -0.25) is 9.69 Å². The van der Waals surface area contributed by atoms with Gasteiger partial charge >= 0.3 is 5.97 Å². The monoisotopic (exact) mass is 408 g/mol. The Bertz CT molecular complexity index is 777. The lowest BCUT2D eigenvalue weighted by atomic mass is 10.1. The molecule has 0 aliphatic rings. The van der Waals surface area contributed by atoms with Gasteiger partial charge in [-0.15, -0.1) is 6.58 Å². The van der Waals surface area contributed by atoms with E-state index >= 15 is 0 Å². The van der Waals surface area contributed by atoms with E-state index in [1.54, 1.807) is 0 Å². The lowest BCUT2D eigenvalue weighted by molar-refractivity contribution is -0.142. The number of nitrogens with one attached hydrogen (secondary N) is 1. The van der Waals surface area contributed by atoms with Crippen LogP contribution in [0.5, 0.6) is 0 Å². The maximum absolute atomic E-state index is 12.2. The van der Waals surface area contributed by atoms with Gasteiger partial charge < -0.3 is 10.4 Å². The van der Waals surface area contributed by atoms with E-state index in [0.717, 1.165) is 38.0 Å². The van der Waals surface area contributed by atoms with Gasteiger partial charge in [0, 0.05) is 19.5 Å². The minimum Gasteiger partial charge on any atom is -0.480 e. The number of hydrogen-bond donors (Lipinski definition) is 2. The molecule has 1 amide bonds. The van der Waals surface area contributed by atoms with Gasteiger partial charge in [0.2, 0.25) is 5.91 Å². The first kappa shape index (κ1) is 23.4. The van der Waals surface area contributed by atoms with Gasteiger partial charge in [-0.2, -0.15) is 0 Å². The second-order valence-electron chi connectivity index (χ2n) is 7.45. The Morgan fingerprint density at radius 3 is 2.23 bits per heavy atom. The van der Waals surface area contributed by atoms with Crippen molar-refractivity contribution in [3.8, 4) is 0 Å². The van der Waals surface area contributed by atoms with Crippen LogP contribution in [0.15, 0.2) is 73.3 Å². The summed E-state index contributed by atoms with van der Waals surface area (Å²) in [6, 6.07) is 19.1. The molecule has 0 heterocycles. The van der Waals surface area contributed by atoms with Crippen molar-refractivity contribution in [2.24, 2.45) is 0 Å². The zero-order valence-electron chi connectivity index (χ0n) is 17.5. The Balaban J connectivity index is 1.73. The van der Waals surface area contributed by atoms with E-state index in [1.165, 1.54) is 5.56 Å². The summed E-state index contributed by atoms with van der Waals surface area (Å²) in [4.78, 5) is 26.0. The Kier molecular flexibility index (Phi) is 10.4. The first-order valence-corrected chi connectivity index (χ1v) is 10.5. The summed E-state index contributed by atoms with van der Waals surface area (Å²) in [6.45, 7) is 6.31. The predicted octanol–water partition coefficient (Wildman–Crippen LogP) is 4.05. The number of nitrogens with zero attached hydrogens (tertiary/aromatic N) is 1. The van der Waals surface area contributed by atoms with Crippen molar-refractivity contribution in [3.05, 3.63) is 84.4 Å². The molecule has 5 heteroatoms. The standard InChI is InChI=1S/C25H32N2O3/c1-2-18-27(20-22-13-7-4-8-14-22)19-10-9-15-23(25(29)30)26-24(28)17-16-21-11-5-3-6-12-21/h2-8,11-14,23H,1,9-10,15-20H2,(H,26,28)(H,29,30). The first-order valence-electron chi connectivity index (χ1n) is 10.5. The van der Waals surface area contributed by atoms with Crippen molar-refractivity contribution >= 4 is 11.9 Å². The summed E-state index contributed by atoms with van der Waals surface area (Å²) in [6.07, 6.45) is 4.81. The summed E-state index contributed by atoms with van der Waals surface area (Å²) >= 11 is 0. The largest absolute Gasteiger partial charge is 0.480 e. The Labute approximate surface area is 179 Å². The highest BCUT2D eigenvalue weighted by atomic mass is 16.4. The summed E-state index contributed by atoms with van der Waals surface area (Å²) in [7, 11) is 0. The van der Waals surface area contributed by atoms with Gasteiger partial charge in [0.15, 0.2) is 0 Å². The Morgan fingerprint density at radius 2 is 1.63 bits per heavy atom. The van der Waals surface area contributed by atoms with Crippen LogP contribution in [0, 0.1) is 0 Å². The van der Waals surface area contributed by atoms with Crippen LogP contribution >= 0.6 is 0 Å². The van der Waals surface area contributed by atoms with Crippen molar-refractivity contribution in [1.82, 2.24) is 10.2 Å². The molecule has 160 valence electrons. The molecule has 2 aromatic rings. The maximum atomic E-state index is 12.2. The van der Waals surface area contributed by atoms with Gasteiger partial charge in [-0.25, -0.2) is 4.79 Å². The average Bonchev–Trinajstić information content (AvgIpc) is 2.75. The topological polar surface area (TPSA) is 69.6 Å². The highest BCUT2D eigenvalue weighted by Gasteiger charge is 2.19. The van der Waals surface area contributed by atoms with Crippen LogP contribution in [0.25, 0.3) is 0 Å². The lowest BCUT2D eigenvalue weighted by Gasteiger charge is -2.21. The van der Waals surface area contributed by atoms with Crippen LogP contribution in [0.2, 0.25) is 0 Å². The summed E-state index contributed by atoms with van der Waals surface area (Å²) in [5, 5.41) is 12.1. The molecule has 1 atom stereocenters. The van der Waals surface area contributed by atoms with E-state index in [4.69, 9.17) is 0 Å². The zero-order chi connectivity index (χ0) is 21.6. The second kappa shape index (κ2) is 13.3. The third-order valence-corrected chi connectivity index (χ3v) is 4.97. The fourth-order valence-electron chi connectivity index (χ4n) is 3.37. The first-order chi connectivity index (χ1) is 14.6. The van der Waals surface area contributed by atoms with Gasteiger partial charge in [-0.05, 0) is 43.4 Å². The second-order valence-corrected chi connectivity index (χ2v) is 7.45. The molecule has 0 aliphatic heterocycles. The zero-order valence-corrected chi connectivity index (χ0v) is 17.5. The fourth-order valence-corrected chi connectivity index (χ4v) is 3.37. The van der Waals surface area contributed by atoms with Crippen LogP contribution in [0.1, 0.15) is 36.8 Å². The third kappa shape index (κ3) is 9.05. The predicted molar refractivity (Wildman–Crippen MR) is 120 cm³/mol. The van der Waals surface area contributed by atoms with Gasteiger partial charge in [-0.1, -0.05) is 66.7 Å². The minimum absolute atomic E-state index is 0.219. The molecule has 0 bridgehead atoms. The maximum Gasteiger partial charge on any atom is 0.326 e. The third-order valence-electron chi connectivity index (χ3n) is 4.97. The molecule has 0 aromatic heterocycles. The van der Waals surface area contributed by atoms with Crippen molar-refractivity contribution in [2.75, 3.05) is 13.1 Å². The number of carboxylic acid groups (broad SMARTS) is 1. The average molecular weight is 409 g/mol. The molecule has 2 aromatic carbocycles. The van der Waals surface area contributed by atoms with E-state index in [1.807, 2.05) is 54.6 Å². The van der Waals surface area contributed by atoms with Gasteiger partial charge in [0.25, 0.3) is 0 Å². The molecule has 0 radical (unpaired) electrons. The number of amides is 1. The molecule has 0 fully saturated rings. The normalized spacial score (nSPS) is 11.8. The summed E-state index contributed by atoms with van der Waals surface area (Å²) < 4.78 is 0. The minimum atomic E-state index is -0.977. The van der Waals surface area contributed by atoms with E-state index in [0.29, 0.717) is 12.8 Å².